The first-order valence-electron chi connectivity index (χ1n) is 9.10. The van der Waals surface area contributed by atoms with Crippen LogP contribution in [0.15, 0.2) is 63.5 Å². The van der Waals surface area contributed by atoms with Crippen molar-refractivity contribution >= 4 is 90.0 Å². The van der Waals surface area contributed by atoms with E-state index in [0.29, 0.717) is 20.4 Å². The van der Waals surface area contributed by atoms with Gasteiger partial charge in [0.05, 0.1) is 34.0 Å². The molecule has 1 amide bonds. The molecule has 0 unspecified atom stereocenters. The summed E-state index contributed by atoms with van der Waals surface area (Å²) in [6.45, 7) is 0. The lowest BCUT2D eigenvalue weighted by molar-refractivity contribution is 0.0735. The molecular formula is C22H14Br2Cl2N2O4S. The Kier molecular flexibility index (Phi) is 8.72. The van der Waals surface area contributed by atoms with Gasteiger partial charge in [0, 0.05) is 15.0 Å². The lowest BCUT2D eigenvalue weighted by atomic mass is 10.2. The van der Waals surface area contributed by atoms with Crippen LogP contribution in [-0.4, -0.2) is 24.1 Å². The van der Waals surface area contributed by atoms with Crippen molar-refractivity contribution < 1.29 is 19.1 Å². The van der Waals surface area contributed by atoms with E-state index < -0.39 is 11.9 Å². The zero-order valence-corrected chi connectivity index (χ0v) is 22.2. The molecule has 0 saturated carbocycles. The number of carbonyl (C=O) groups excluding carboxylic acids is 2. The largest absolute Gasteiger partial charge is 0.497 e. The summed E-state index contributed by atoms with van der Waals surface area (Å²) in [6, 6.07) is 14.4. The number of ether oxygens (including phenoxy) is 2. The lowest BCUT2D eigenvalue weighted by Gasteiger charge is -2.15. The van der Waals surface area contributed by atoms with E-state index >= 15 is 0 Å². The van der Waals surface area contributed by atoms with Crippen molar-refractivity contribution in [2.75, 3.05) is 12.4 Å². The zero-order chi connectivity index (χ0) is 24.1. The van der Waals surface area contributed by atoms with Crippen molar-refractivity contribution in [3.05, 3.63) is 84.7 Å². The maximum Gasteiger partial charge on any atom is 0.345 e. The van der Waals surface area contributed by atoms with E-state index in [1.807, 2.05) is 0 Å². The number of carbonyl (C=O) groups is 2. The highest BCUT2D eigenvalue weighted by Crippen LogP contribution is 2.31. The molecule has 0 radical (unpaired) electrons. The minimum absolute atomic E-state index is 0.0397. The van der Waals surface area contributed by atoms with Gasteiger partial charge in [0.15, 0.2) is 10.9 Å². The van der Waals surface area contributed by atoms with Gasteiger partial charge < -0.3 is 14.8 Å². The van der Waals surface area contributed by atoms with Gasteiger partial charge in [-0.3, -0.25) is 10.1 Å². The molecule has 6 nitrogen and oxygen atoms in total. The second-order valence-electron chi connectivity index (χ2n) is 6.41. The fourth-order valence-electron chi connectivity index (χ4n) is 2.63. The standard InChI is InChI=1S/C22H14Br2Cl2N2O4S/c1-31-13-4-7-19(32-21(30)15-9-12(24)3-6-17(15)26)18(10-13)27-22(33)28-20(29)14-8-11(23)2-5-16(14)25/h2-10H,1H3,(H2,27,28,29,33). The van der Waals surface area contributed by atoms with Crippen LogP contribution in [0.5, 0.6) is 11.5 Å². The highest BCUT2D eigenvalue weighted by Gasteiger charge is 2.18. The van der Waals surface area contributed by atoms with Crippen LogP contribution in [0.4, 0.5) is 5.69 Å². The molecule has 3 aromatic carbocycles. The lowest BCUT2D eigenvalue weighted by Crippen LogP contribution is -2.34. The number of esters is 1. The number of thiocarbonyl (C=S) groups is 1. The molecule has 0 aliphatic rings. The Morgan fingerprint density at radius 3 is 2.15 bits per heavy atom. The average Bonchev–Trinajstić information content (AvgIpc) is 2.77. The molecular weight excluding hydrogens is 619 g/mol. The number of methoxy groups -OCH3 is 1. The summed E-state index contributed by atoms with van der Waals surface area (Å²) >= 11 is 24.1. The first kappa shape index (κ1) is 25.5. The smallest absolute Gasteiger partial charge is 0.345 e. The van der Waals surface area contributed by atoms with Crippen molar-refractivity contribution in [2.24, 2.45) is 0 Å². The summed E-state index contributed by atoms with van der Waals surface area (Å²) in [5, 5.41) is 5.86. The monoisotopic (exact) mass is 630 g/mol. The second-order valence-corrected chi connectivity index (χ2v) is 9.46. The molecule has 0 bridgehead atoms. The van der Waals surface area contributed by atoms with E-state index in [9.17, 15) is 9.59 Å². The van der Waals surface area contributed by atoms with E-state index in [-0.39, 0.29) is 32.0 Å². The molecule has 0 aliphatic carbocycles. The van der Waals surface area contributed by atoms with Crippen molar-refractivity contribution in [2.45, 2.75) is 0 Å². The quantitative estimate of drug-likeness (QED) is 0.182. The van der Waals surface area contributed by atoms with Gasteiger partial charge >= 0.3 is 5.97 Å². The van der Waals surface area contributed by atoms with E-state index in [1.54, 1.807) is 48.5 Å². The minimum Gasteiger partial charge on any atom is -0.497 e. The Labute approximate surface area is 221 Å². The van der Waals surface area contributed by atoms with Crippen LogP contribution in [-0.2, 0) is 0 Å². The van der Waals surface area contributed by atoms with Crippen molar-refractivity contribution in [3.8, 4) is 11.5 Å². The van der Waals surface area contributed by atoms with Crippen molar-refractivity contribution in [1.82, 2.24) is 5.32 Å². The molecule has 2 N–H and O–H groups in total. The van der Waals surface area contributed by atoms with Crippen LogP contribution < -0.4 is 20.1 Å². The Bertz CT molecular complexity index is 1260. The van der Waals surface area contributed by atoms with Crippen LogP contribution >= 0.6 is 67.3 Å². The van der Waals surface area contributed by atoms with Gasteiger partial charge in [-0.15, -0.1) is 0 Å². The fourth-order valence-corrected chi connectivity index (χ4v) is 3.95. The number of anilines is 1. The predicted octanol–water partition coefficient (Wildman–Crippen LogP) is 6.87. The third kappa shape index (κ3) is 6.68. The number of halogens is 4. The van der Waals surface area contributed by atoms with Gasteiger partial charge in [0.1, 0.15) is 5.75 Å². The number of nitrogens with one attached hydrogen (secondary N) is 2. The van der Waals surface area contributed by atoms with Crippen LogP contribution in [0.3, 0.4) is 0 Å². The number of amides is 1. The summed E-state index contributed by atoms with van der Waals surface area (Å²) < 4.78 is 12.1. The molecule has 0 atom stereocenters. The van der Waals surface area contributed by atoms with Gasteiger partial charge in [-0.2, -0.15) is 0 Å². The first-order valence-corrected chi connectivity index (χ1v) is 11.9. The first-order chi connectivity index (χ1) is 15.7. The summed E-state index contributed by atoms with van der Waals surface area (Å²) in [4.78, 5) is 25.3. The van der Waals surface area contributed by atoms with Gasteiger partial charge in [0.25, 0.3) is 5.91 Å². The molecule has 0 spiro atoms. The summed E-state index contributed by atoms with van der Waals surface area (Å²) in [5.74, 6) is -0.567. The van der Waals surface area contributed by atoms with Gasteiger partial charge in [-0.25, -0.2) is 4.79 Å². The third-order valence-electron chi connectivity index (χ3n) is 4.19. The Balaban J connectivity index is 1.81. The van der Waals surface area contributed by atoms with Crippen LogP contribution in [0.25, 0.3) is 0 Å². The summed E-state index contributed by atoms with van der Waals surface area (Å²) in [7, 11) is 1.49. The summed E-state index contributed by atoms with van der Waals surface area (Å²) in [6.07, 6.45) is 0. The van der Waals surface area contributed by atoms with Gasteiger partial charge in [-0.1, -0.05) is 55.1 Å². The molecule has 3 aromatic rings. The normalized spacial score (nSPS) is 10.3. The van der Waals surface area contributed by atoms with E-state index in [1.165, 1.54) is 13.2 Å². The maximum absolute atomic E-state index is 12.7. The fraction of sp³-hybridized carbons (Fsp3) is 0.0455. The topological polar surface area (TPSA) is 76.7 Å². The molecule has 0 heterocycles. The van der Waals surface area contributed by atoms with E-state index in [4.69, 9.17) is 44.9 Å². The number of hydrogen-bond donors (Lipinski definition) is 2. The van der Waals surface area contributed by atoms with Crippen molar-refractivity contribution in [3.63, 3.8) is 0 Å². The third-order valence-corrected chi connectivity index (χ3v) is 6.04. The average molecular weight is 633 g/mol. The zero-order valence-electron chi connectivity index (χ0n) is 16.7. The van der Waals surface area contributed by atoms with Crippen molar-refractivity contribution in [1.29, 1.82) is 0 Å². The molecule has 0 fully saturated rings. The Morgan fingerprint density at radius 2 is 1.52 bits per heavy atom. The molecule has 0 saturated heterocycles. The predicted molar refractivity (Wildman–Crippen MR) is 140 cm³/mol. The van der Waals surface area contributed by atoms with Gasteiger partial charge in [0.2, 0.25) is 0 Å². The van der Waals surface area contributed by atoms with Gasteiger partial charge in [-0.05, 0) is 60.7 Å². The Hall–Kier alpha value is -2.17. The van der Waals surface area contributed by atoms with E-state index in [2.05, 4.69) is 42.5 Å². The number of hydrogen-bond acceptors (Lipinski definition) is 5. The SMILES string of the molecule is COc1ccc(OC(=O)c2cc(Br)ccc2Cl)c(NC(=S)NC(=O)c2cc(Br)ccc2Cl)c1. The molecule has 3 rings (SSSR count). The maximum atomic E-state index is 12.7. The molecule has 11 heteroatoms. The molecule has 0 aromatic heterocycles. The summed E-state index contributed by atoms with van der Waals surface area (Å²) in [5.41, 5.74) is 0.698. The highest BCUT2D eigenvalue weighted by molar-refractivity contribution is 9.10. The van der Waals surface area contributed by atoms with E-state index in [0.717, 1.165) is 0 Å². The molecule has 170 valence electrons. The number of rotatable bonds is 5. The highest BCUT2D eigenvalue weighted by atomic mass is 79.9. The molecule has 33 heavy (non-hydrogen) atoms. The van der Waals surface area contributed by atoms with Crippen LogP contribution in [0, 0.1) is 0 Å². The Morgan fingerprint density at radius 1 is 0.909 bits per heavy atom. The van der Waals surface area contributed by atoms with Crippen LogP contribution in [0.2, 0.25) is 10.0 Å². The molecule has 0 aliphatic heterocycles. The second kappa shape index (κ2) is 11.3. The minimum atomic E-state index is -0.676. The van der Waals surface area contributed by atoms with Crippen LogP contribution in [0.1, 0.15) is 20.7 Å². The number of benzene rings is 3.